The van der Waals surface area contributed by atoms with Gasteiger partial charge in [0.1, 0.15) is 0 Å². The molecule has 0 heterocycles. The molecule has 0 atom stereocenters. The topological polar surface area (TPSA) is 29.3 Å². The maximum Gasteiger partial charge on any atom is 0.0371 e. The normalized spacial score (nSPS) is 15.9. The number of rotatable bonds is 4. The van der Waals surface area contributed by atoms with Crippen LogP contribution in [0.2, 0.25) is 0 Å². The second-order valence-corrected chi connectivity index (χ2v) is 4.96. The minimum atomic E-state index is 0.793. The lowest BCUT2D eigenvalue weighted by Crippen LogP contribution is -2.25. The average Bonchev–Trinajstić information content (AvgIpc) is 3.01. The first-order chi connectivity index (χ1) is 7.22. The van der Waals surface area contributed by atoms with E-state index in [1.165, 1.54) is 18.4 Å². The number of halogens is 1. The van der Waals surface area contributed by atoms with Gasteiger partial charge in [-0.25, -0.2) is 0 Å². The van der Waals surface area contributed by atoms with Gasteiger partial charge < -0.3 is 5.73 Å². The Balaban J connectivity index is 2.14. The summed E-state index contributed by atoms with van der Waals surface area (Å²) in [4.78, 5) is 2.50. The van der Waals surface area contributed by atoms with Crippen LogP contribution in [0.4, 0.5) is 5.69 Å². The highest BCUT2D eigenvalue weighted by Crippen LogP contribution is 2.31. The quantitative estimate of drug-likeness (QED) is 0.851. The van der Waals surface area contributed by atoms with Gasteiger partial charge in [0, 0.05) is 28.3 Å². The Bertz CT molecular complexity index is 327. The highest BCUT2D eigenvalue weighted by Gasteiger charge is 2.28. The summed E-state index contributed by atoms with van der Waals surface area (Å²) in [5, 5.41) is 0. The SMILES string of the molecule is CCN(Cc1c(N)cccc1Br)C1CC1. The third kappa shape index (κ3) is 2.52. The van der Waals surface area contributed by atoms with E-state index < -0.39 is 0 Å². The van der Waals surface area contributed by atoms with E-state index in [1.807, 2.05) is 12.1 Å². The lowest BCUT2D eigenvalue weighted by molar-refractivity contribution is 0.269. The van der Waals surface area contributed by atoms with Crippen LogP contribution in [0, 0.1) is 0 Å². The van der Waals surface area contributed by atoms with Gasteiger partial charge in [0.2, 0.25) is 0 Å². The van der Waals surface area contributed by atoms with Crippen LogP contribution >= 0.6 is 15.9 Å². The molecule has 1 saturated carbocycles. The number of benzene rings is 1. The van der Waals surface area contributed by atoms with E-state index in [9.17, 15) is 0 Å². The number of nitrogens with two attached hydrogens (primary N) is 1. The Kier molecular flexibility index (Phi) is 3.32. The van der Waals surface area contributed by atoms with E-state index in [2.05, 4.69) is 33.8 Å². The number of hydrogen-bond acceptors (Lipinski definition) is 2. The highest BCUT2D eigenvalue weighted by atomic mass is 79.9. The van der Waals surface area contributed by atoms with Crippen molar-refractivity contribution >= 4 is 21.6 Å². The first kappa shape index (κ1) is 11.0. The average molecular weight is 269 g/mol. The minimum Gasteiger partial charge on any atom is -0.398 e. The lowest BCUT2D eigenvalue weighted by atomic mass is 10.1. The summed E-state index contributed by atoms with van der Waals surface area (Å²) >= 11 is 3.57. The smallest absolute Gasteiger partial charge is 0.0371 e. The van der Waals surface area contributed by atoms with Gasteiger partial charge in [-0.2, -0.15) is 0 Å². The molecule has 2 rings (SSSR count). The van der Waals surface area contributed by atoms with Crippen molar-refractivity contribution in [1.82, 2.24) is 4.90 Å². The lowest BCUT2D eigenvalue weighted by Gasteiger charge is -2.21. The third-order valence-corrected chi connectivity index (χ3v) is 3.73. The molecular formula is C12H17BrN2. The van der Waals surface area contributed by atoms with E-state index in [-0.39, 0.29) is 0 Å². The van der Waals surface area contributed by atoms with Crippen LogP contribution in [0.3, 0.4) is 0 Å². The van der Waals surface area contributed by atoms with Crippen LogP contribution in [0.1, 0.15) is 25.3 Å². The monoisotopic (exact) mass is 268 g/mol. The molecule has 0 radical (unpaired) electrons. The Morgan fingerprint density at radius 1 is 1.47 bits per heavy atom. The van der Waals surface area contributed by atoms with Crippen LogP contribution in [-0.2, 0) is 6.54 Å². The predicted octanol–water partition coefficient (Wildman–Crippen LogP) is 3.02. The fraction of sp³-hybridized carbons (Fsp3) is 0.500. The van der Waals surface area contributed by atoms with Gasteiger partial charge in [-0.3, -0.25) is 4.90 Å². The molecule has 2 N–H and O–H groups in total. The first-order valence-electron chi connectivity index (χ1n) is 5.49. The summed E-state index contributed by atoms with van der Waals surface area (Å²) in [6, 6.07) is 6.81. The predicted molar refractivity (Wildman–Crippen MR) is 67.7 cm³/mol. The van der Waals surface area contributed by atoms with Crippen molar-refractivity contribution in [1.29, 1.82) is 0 Å². The molecule has 2 nitrogen and oxygen atoms in total. The zero-order valence-corrected chi connectivity index (χ0v) is 10.6. The molecule has 0 amide bonds. The number of nitrogen functional groups attached to an aromatic ring is 1. The van der Waals surface area contributed by atoms with Gasteiger partial charge in [0.15, 0.2) is 0 Å². The second kappa shape index (κ2) is 4.54. The largest absolute Gasteiger partial charge is 0.398 e. The fourth-order valence-electron chi connectivity index (χ4n) is 1.88. The molecule has 0 aromatic heterocycles. The molecule has 15 heavy (non-hydrogen) atoms. The summed E-state index contributed by atoms with van der Waals surface area (Å²) in [5.41, 5.74) is 8.11. The van der Waals surface area contributed by atoms with Crippen molar-refractivity contribution in [2.45, 2.75) is 32.4 Å². The molecule has 1 aliphatic carbocycles. The molecule has 0 unspecified atom stereocenters. The van der Waals surface area contributed by atoms with Gasteiger partial charge in [0.05, 0.1) is 0 Å². The summed E-state index contributed by atoms with van der Waals surface area (Å²) in [6.07, 6.45) is 2.69. The molecule has 0 saturated heterocycles. The summed E-state index contributed by atoms with van der Waals surface area (Å²) < 4.78 is 1.13. The Morgan fingerprint density at radius 3 is 2.73 bits per heavy atom. The van der Waals surface area contributed by atoms with E-state index in [4.69, 9.17) is 5.73 Å². The van der Waals surface area contributed by atoms with Crippen LogP contribution in [-0.4, -0.2) is 17.5 Å². The standard InChI is InChI=1S/C12H17BrN2/c1-2-15(9-6-7-9)8-10-11(13)4-3-5-12(10)14/h3-5,9H,2,6-8,14H2,1H3. The maximum atomic E-state index is 5.99. The molecule has 0 spiro atoms. The summed E-state index contributed by atoms with van der Waals surface area (Å²) in [5.74, 6) is 0. The zero-order valence-electron chi connectivity index (χ0n) is 9.04. The van der Waals surface area contributed by atoms with E-state index in [1.54, 1.807) is 0 Å². The Hall–Kier alpha value is -0.540. The minimum absolute atomic E-state index is 0.793. The van der Waals surface area contributed by atoms with Gasteiger partial charge in [-0.05, 0) is 31.5 Å². The zero-order chi connectivity index (χ0) is 10.8. The molecule has 3 heteroatoms. The van der Waals surface area contributed by atoms with Crippen LogP contribution < -0.4 is 5.73 Å². The van der Waals surface area contributed by atoms with E-state index in [0.717, 1.165) is 29.3 Å². The van der Waals surface area contributed by atoms with Crippen molar-refractivity contribution in [2.75, 3.05) is 12.3 Å². The number of hydrogen-bond donors (Lipinski definition) is 1. The number of nitrogens with zero attached hydrogens (tertiary/aromatic N) is 1. The molecule has 0 bridgehead atoms. The van der Waals surface area contributed by atoms with E-state index in [0.29, 0.717) is 0 Å². The van der Waals surface area contributed by atoms with Crippen LogP contribution in [0.15, 0.2) is 22.7 Å². The molecule has 1 aromatic rings. The van der Waals surface area contributed by atoms with Gasteiger partial charge >= 0.3 is 0 Å². The van der Waals surface area contributed by atoms with E-state index >= 15 is 0 Å². The van der Waals surface area contributed by atoms with Crippen molar-refractivity contribution in [2.24, 2.45) is 0 Å². The van der Waals surface area contributed by atoms with Gasteiger partial charge in [-0.1, -0.05) is 28.9 Å². The summed E-state index contributed by atoms with van der Waals surface area (Å²) in [6.45, 7) is 4.28. The maximum absolute atomic E-state index is 5.99. The first-order valence-corrected chi connectivity index (χ1v) is 6.28. The van der Waals surface area contributed by atoms with Crippen LogP contribution in [0.25, 0.3) is 0 Å². The third-order valence-electron chi connectivity index (χ3n) is 2.99. The fourth-order valence-corrected chi connectivity index (χ4v) is 2.39. The van der Waals surface area contributed by atoms with Crippen LogP contribution in [0.5, 0.6) is 0 Å². The molecule has 1 fully saturated rings. The van der Waals surface area contributed by atoms with Crippen molar-refractivity contribution < 1.29 is 0 Å². The van der Waals surface area contributed by atoms with Crippen molar-refractivity contribution in [3.05, 3.63) is 28.2 Å². The number of anilines is 1. The Labute approximate surface area is 99.6 Å². The molecule has 82 valence electrons. The highest BCUT2D eigenvalue weighted by molar-refractivity contribution is 9.10. The summed E-state index contributed by atoms with van der Waals surface area (Å²) in [7, 11) is 0. The molecule has 0 aliphatic heterocycles. The molecule has 1 aliphatic rings. The Morgan fingerprint density at radius 2 is 2.20 bits per heavy atom. The van der Waals surface area contributed by atoms with Crippen molar-refractivity contribution in [3.63, 3.8) is 0 Å². The molecule has 1 aromatic carbocycles. The molecular weight excluding hydrogens is 252 g/mol. The van der Waals surface area contributed by atoms with Gasteiger partial charge in [0.25, 0.3) is 0 Å². The van der Waals surface area contributed by atoms with Gasteiger partial charge in [-0.15, -0.1) is 0 Å². The second-order valence-electron chi connectivity index (χ2n) is 4.10. The van der Waals surface area contributed by atoms with Crippen molar-refractivity contribution in [3.8, 4) is 0 Å².